The van der Waals surface area contributed by atoms with Crippen LogP contribution in [0.25, 0.3) is 0 Å². The summed E-state index contributed by atoms with van der Waals surface area (Å²) in [6.45, 7) is -0.208. The summed E-state index contributed by atoms with van der Waals surface area (Å²) in [6, 6.07) is 8.09. The van der Waals surface area contributed by atoms with Gasteiger partial charge in [-0.1, -0.05) is 0 Å². The number of carboxylic acid groups (broad SMARTS) is 1. The van der Waals surface area contributed by atoms with Gasteiger partial charge in [-0.3, -0.25) is 9.59 Å². The van der Waals surface area contributed by atoms with Gasteiger partial charge in [-0.25, -0.2) is 13.2 Å². The van der Waals surface area contributed by atoms with Crippen molar-refractivity contribution in [3.8, 4) is 5.75 Å². The van der Waals surface area contributed by atoms with Crippen molar-refractivity contribution in [2.24, 2.45) is 5.92 Å². The summed E-state index contributed by atoms with van der Waals surface area (Å²) in [4.78, 5) is 24.3. The van der Waals surface area contributed by atoms with Crippen LogP contribution in [0, 0.1) is 23.4 Å². The second kappa shape index (κ2) is 7.07. The summed E-state index contributed by atoms with van der Waals surface area (Å²) in [6.07, 6.45) is -0.0526. The number of benzene rings is 2. The Morgan fingerprint density at radius 2 is 1.81 bits per heavy atom. The molecule has 2 aromatic carbocycles. The van der Waals surface area contributed by atoms with Gasteiger partial charge in [0.05, 0.1) is 5.92 Å². The lowest BCUT2D eigenvalue weighted by Crippen LogP contribution is -2.25. The first-order valence-corrected chi connectivity index (χ1v) is 7.75. The quantitative estimate of drug-likeness (QED) is 0.827. The number of aliphatic carboxylic acids is 1. The van der Waals surface area contributed by atoms with Gasteiger partial charge in [0.2, 0.25) is 5.91 Å². The maximum atomic E-state index is 13.6. The molecule has 0 bridgehead atoms. The zero-order valence-corrected chi connectivity index (χ0v) is 13.4. The monoisotopic (exact) mass is 365 g/mol. The van der Waals surface area contributed by atoms with Crippen molar-refractivity contribution in [3.63, 3.8) is 0 Å². The predicted molar refractivity (Wildman–Crippen MR) is 85.2 cm³/mol. The van der Waals surface area contributed by atoms with Crippen LogP contribution < -0.4 is 9.64 Å². The Bertz CT molecular complexity index is 854. The average molecular weight is 365 g/mol. The van der Waals surface area contributed by atoms with Gasteiger partial charge >= 0.3 is 5.97 Å². The van der Waals surface area contributed by atoms with Crippen LogP contribution in [-0.4, -0.2) is 23.5 Å². The number of nitrogens with zero attached hydrogens (tertiary/aromatic N) is 1. The van der Waals surface area contributed by atoms with E-state index in [9.17, 15) is 22.8 Å². The fraction of sp³-hybridized carbons (Fsp3) is 0.222. The van der Waals surface area contributed by atoms with E-state index in [2.05, 4.69) is 0 Å². The molecule has 26 heavy (non-hydrogen) atoms. The van der Waals surface area contributed by atoms with Crippen molar-refractivity contribution in [2.45, 2.75) is 13.0 Å². The summed E-state index contributed by atoms with van der Waals surface area (Å²) < 4.78 is 45.0. The fourth-order valence-electron chi connectivity index (χ4n) is 2.68. The first-order valence-electron chi connectivity index (χ1n) is 7.75. The summed E-state index contributed by atoms with van der Waals surface area (Å²) in [5.41, 5.74) is 0.386. The van der Waals surface area contributed by atoms with Gasteiger partial charge < -0.3 is 14.7 Å². The fourth-order valence-corrected chi connectivity index (χ4v) is 2.68. The van der Waals surface area contributed by atoms with Crippen LogP contribution in [0.15, 0.2) is 36.4 Å². The Morgan fingerprint density at radius 1 is 1.12 bits per heavy atom. The standard InChI is InChI=1S/C18H14F3NO4/c19-14-6-1-10(16(20)17(14)21)9-26-13-4-2-12(3-5-13)22-8-11(18(24)25)7-15(22)23/h1-6,11H,7-9H2,(H,24,25). The number of halogens is 3. The summed E-state index contributed by atoms with van der Waals surface area (Å²) in [5, 5.41) is 9.00. The molecule has 1 aliphatic heterocycles. The third kappa shape index (κ3) is 3.49. The van der Waals surface area contributed by atoms with Crippen LogP contribution in [0.4, 0.5) is 18.9 Å². The molecule has 1 N–H and O–H groups in total. The molecular formula is C18H14F3NO4. The van der Waals surface area contributed by atoms with Gasteiger partial charge in [0.25, 0.3) is 0 Å². The van der Waals surface area contributed by atoms with Crippen LogP contribution in [0.3, 0.4) is 0 Å². The molecule has 136 valence electrons. The Balaban J connectivity index is 1.66. The summed E-state index contributed by atoms with van der Waals surface area (Å²) in [5.74, 6) is -5.84. The van der Waals surface area contributed by atoms with E-state index in [1.807, 2.05) is 0 Å². The highest BCUT2D eigenvalue weighted by Gasteiger charge is 2.34. The Kier molecular flexibility index (Phi) is 4.83. The van der Waals surface area contributed by atoms with Crippen molar-refractivity contribution in [2.75, 3.05) is 11.4 Å². The van der Waals surface area contributed by atoms with Gasteiger partial charge in [0.15, 0.2) is 17.5 Å². The molecule has 0 aliphatic carbocycles. The molecule has 0 radical (unpaired) electrons. The average Bonchev–Trinajstić information content (AvgIpc) is 3.02. The number of carboxylic acids is 1. The molecular weight excluding hydrogens is 351 g/mol. The number of carbonyl (C=O) groups is 2. The topological polar surface area (TPSA) is 66.8 Å². The molecule has 0 aromatic heterocycles. The Morgan fingerprint density at radius 3 is 2.42 bits per heavy atom. The second-order valence-electron chi connectivity index (χ2n) is 5.86. The summed E-state index contributed by atoms with van der Waals surface area (Å²) >= 11 is 0. The van der Waals surface area contributed by atoms with Crippen LogP contribution in [0.1, 0.15) is 12.0 Å². The van der Waals surface area contributed by atoms with Crippen LogP contribution in [0.2, 0.25) is 0 Å². The number of amides is 1. The lowest BCUT2D eigenvalue weighted by molar-refractivity contribution is -0.141. The number of rotatable bonds is 5. The molecule has 1 saturated heterocycles. The molecule has 1 unspecified atom stereocenters. The van der Waals surface area contributed by atoms with Crippen molar-refractivity contribution in [1.82, 2.24) is 0 Å². The molecule has 0 saturated carbocycles. The molecule has 8 heteroatoms. The zero-order valence-electron chi connectivity index (χ0n) is 13.4. The van der Waals surface area contributed by atoms with Gasteiger partial charge in [0, 0.05) is 24.2 Å². The SMILES string of the molecule is O=C(O)C1CC(=O)N(c2ccc(OCc3ccc(F)c(F)c3F)cc2)C1. The molecule has 1 atom stereocenters. The van der Waals surface area contributed by atoms with E-state index in [1.54, 1.807) is 12.1 Å². The van der Waals surface area contributed by atoms with Crippen LogP contribution in [0.5, 0.6) is 5.75 Å². The van der Waals surface area contributed by atoms with E-state index in [0.717, 1.165) is 12.1 Å². The number of hydrogen-bond acceptors (Lipinski definition) is 3. The number of hydrogen-bond donors (Lipinski definition) is 1. The van der Waals surface area contributed by atoms with Crippen molar-refractivity contribution in [1.29, 1.82) is 0 Å². The van der Waals surface area contributed by atoms with Crippen LogP contribution >= 0.6 is 0 Å². The highest BCUT2D eigenvalue weighted by Crippen LogP contribution is 2.27. The number of ether oxygens (including phenoxy) is 1. The highest BCUT2D eigenvalue weighted by molar-refractivity contribution is 5.99. The lowest BCUT2D eigenvalue weighted by atomic mass is 10.1. The Hall–Kier alpha value is -3.03. The van der Waals surface area contributed by atoms with E-state index >= 15 is 0 Å². The Labute approximate surface area is 146 Å². The molecule has 1 aliphatic rings. The minimum Gasteiger partial charge on any atom is -0.489 e. The van der Waals surface area contributed by atoms with Gasteiger partial charge in [0.1, 0.15) is 12.4 Å². The minimum absolute atomic E-state index is 0.0526. The van der Waals surface area contributed by atoms with Gasteiger partial charge in [-0.2, -0.15) is 0 Å². The largest absolute Gasteiger partial charge is 0.489 e. The third-order valence-electron chi connectivity index (χ3n) is 4.13. The number of carbonyl (C=O) groups excluding carboxylic acids is 1. The predicted octanol–water partition coefficient (Wildman–Crippen LogP) is 3.12. The highest BCUT2D eigenvalue weighted by atomic mass is 19.2. The molecule has 1 amide bonds. The number of anilines is 1. The van der Waals surface area contributed by atoms with E-state index in [-0.39, 0.29) is 31.0 Å². The van der Waals surface area contributed by atoms with Gasteiger partial charge in [-0.05, 0) is 36.4 Å². The normalized spacial score (nSPS) is 16.8. The second-order valence-corrected chi connectivity index (χ2v) is 5.86. The molecule has 2 aromatic rings. The van der Waals surface area contributed by atoms with Crippen LogP contribution in [-0.2, 0) is 16.2 Å². The summed E-state index contributed by atoms with van der Waals surface area (Å²) in [7, 11) is 0. The first kappa shape index (κ1) is 17.8. The molecule has 5 nitrogen and oxygen atoms in total. The first-order chi connectivity index (χ1) is 12.4. The molecule has 1 fully saturated rings. The third-order valence-corrected chi connectivity index (χ3v) is 4.13. The smallest absolute Gasteiger partial charge is 0.308 e. The van der Waals surface area contributed by atoms with Crippen molar-refractivity contribution < 1.29 is 32.6 Å². The molecule has 0 spiro atoms. The molecule has 3 rings (SSSR count). The van der Waals surface area contributed by atoms with Gasteiger partial charge in [-0.15, -0.1) is 0 Å². The van der Waals surface area contributed by atoms with Crippen molar-refractivity contribution in [3.05, 3.63) is 59.4 Å². The minimum atomic E-state index is -1.55. The zero-order chi connectivity index (χ0) is 18.8. The van der Waals surface area contributed by atoms with E-state index in [0.29, 0.717) is 11.4 Å². The maximum absolute atomic E-state index is 13.6. The maximum Gasteiger partial charge on any atom is 0.308 e. The van der Waals surface area contributed by atoms with E-state index < -0.39 is 29.3 Å². The molecule has 1 heterocycles. The van der Waals surface area contributed by atoms with E-state index in [4.69, 9.17) is 9.84 Å². The van der Waals surface area contributed by atoms with Crippen molar-refractivity contribution >= 4 is 17.6 Å². The van der Waals surface area contributed by atoms with E-state index in [1.165, 1.54) is 17.0 Å². The lowest BCUT2D eigenvalue weighted by Gasteiger charge is -2.16.